The average Bonchev–Trinajstić information content (AvgIpc) is 3.05. The second-order valence-electron chi connectivity index (χ2n) is 6.71. The molecule has 0 aliphatic carbocycles. The number of carbonyl (C=O) groups is 3. The number of anilines is 1. The molecule has 1 fully saturated rings. The van der Waals surface area contributed by atoms with E-state index in [1.165, 1.54) is 4.90 Å². The topological polar surface area (TPSA) is 76.2 Å². The molecule has 1 saturated heterocycles. The minimum atomic E-state index is -0.820. The van der Waals surface area contributed by atoms with E-state index in [9.17, 15) is 14.4 Å². The molecule has 2 aromatic rings. The Balaban J connectivity index is 1.84. The molecular weight excluding hydrogens is 372 g/mol. The molecule has 1 aliphatic heterocycles. The molecule has 0 aromatic heterocycles. The van der Waals surface area contributed by atoms with Gasteiger partial charge in [-0.15, -0.1) is 0 Å². The fourth-order valence-electron chi connectivity index (χ4n) is 3.36. The van der Waals surface area contributed by atoms with Crippen LogP contribution in [-0.2, 0) is 20.9 Å². The second-order valence-corrected chi connectivity index (χ2v) is 6.71. The first-order valence-corrected chi connectivity index (χ1v) is 9.41. The second kappa shape index (κ2) is 8.77. The summed E-state index contributed by atoms with van der Waals surface area (Å²) >= 11 is 0. The van der Waals surface area contributed by atoms with Gasteiger partial charge in [0.1, 0.15) is 17.5 Å². The number of hydrogen-bond donors (Lipinski definition) is 0. The molecule has 0 bridgehead atoms. The molecule has 29 heavy (non-hydrogen) atoms. The molecule has 1 aliphatic rings. The SMILES string of the molecule is CCC(=O)N(Cc1ccc(OC)cc1)C1CC(=O)N(c2ccc(OC)cc2)C1=O. The Labute approximate surface area is 169 Å². The van der Waals surface area contributed by atoms with Crippen molar-refractivity contribution in [1.82, 2.24) is 4.90 Å². The zero-order chi connectivity index (χ0) is 21.0. The molecule has 1 unspecified atom stereocenters. The molecule has 152 valence electrons. The molecular formula is C22H24N2O5. The van der Waals surface area contributed by atoms with Crippen LogP contribution in [0.1, 0.15) is 25.3 Å². The van der Waals surface area contributed by atoms with Gasteiger partial charge in [0.05, 0.1) is 26.3 Å². The van der Waals surface area contributed by atoms with Gasteiger partial charge >= 0.3 is 0 Å². The third kappa shape index (κ3) is 4.23. The van der Waals surface area contributed by atoms with Crippen molar-refractivity contribution in [3.8, 4) is 11.5 Å². The molecule has 0 radical (unpaired) electrons. The van der Waals surface area contributed by atoms with Gasteiger partial charge in [-0.05, 0) is 42.0 Å². The smallest absolute Gasteiger partial charge is 0.257 e. The van der Waals surface area contributed by atoms with Gasteiger partial charge in [0, 0.05) is 13.0 Å². The van der Waals surface area contributed by atoms with Crippen LogP contribution in [-0.4, -0.2) is 42.9 Å². The summed E-state index contributed by atoms with van der Waals surface area (Å²) in [5, 5.41) is 0. The maximum Gasteiger partial charge on any atom is 0.257 e. The van der Waals surface area contributed by atoms with E-state index in [2.05, 4.69) is 0 Å². The van der Waals surface area contributed by atoms with E-state index < -0.39 is 11.9 Å². The summed E-state index contributed by atoms with van der Waals surface area (Å²) in [7, 11) is 3.13. The van der Waals surface area contributed by atoms with Crippen molar-refractivity contribution in [3.63, 3.8) is 0 Å². The lowest BCUT2D eigenvalue weighted by Gasteiger charge is -2.27. The highest BCUT2D eigenvalue weighted by Crippen LogP contribution is 2.28. The van der Waals surface area contributed by atoms with Crippen LogP contribution in [0.3, 0.4) is 0 Å². The predicted molar refractivity (Wildman–Crippen MR) is 108 cm³/mol. The number of rotatable bonds is 7. The lowest BCUT2D eigenvalue weighted by atomic mass is 10.1. The van der Waals surface area contributed by atoms with E-state index in [4.69, 9.17) is 9.47 Å². The number of amides is 3. The number of hydrogen-bond acceptors (Lipinski definition) is 5. The summed E-state index contributed by atoms with van der Waals surface area (Å²) in [6.07, 6.45) is 0.212. The van der Waals surface area contributed by atoms with Crippen molar-refractivity contribution < 1.29 is 23.9 Å². The van der Waals surface area contributed by atoms with E-state index in [1.807, 2.05) is 12.1 Å². The Morgan fingerprint density at radius 2 is 1.55 bits per heavy atom. The van der Waals surface area contributed by atoms with Gasteiger partial charge in [-0.2, -0.15) is 0 Å². The van der Waals surface area contributed by atoms with Crippen LogP contribution < -0.4 is 14.4 Å². The summed E-state index contributed by atoms with van der Waals surface area (Å²) in [5.74, 6) is 0.444. The van der Waals surface area contributed by atoms with E-state index >= 15 is 0 Å². The lowest BCUT2D eigenvalue weighted by molar-refractivity contribution is -0.138. The first-order chi connectivity index (χ1) is 14.0. The predicted octanol–water partition coefficient (Wildman–Crippen LogP) is 2.77. The average molecular weight is 396 g/mol. The van der Waals surface area contributed by atoms with E-state index in [1.54, 1.807) is 57.5 Å². The summed E-state index contributed by atoms with van der Waals surface area (Å²) < 4.78 is 10.3. The monoisotopic (exact) mass is 396 g/mol. The van der Waals surface area contributed by atoms with Crippen LogP contribution in [0.25, 0.3) is 0 Å². The lowest BCUT2D eigenvalue weighted by Crippen LogP contribution is -2.44. The number of methoxy groups -OCH3 is 2. The molecule has 7 heteroatoms. The molecule has 3 amide bonds. The van der Waals surface area contributed by atoms with Gasteiger partial charge in [0.15, 0.2) is 0 Å². The highest BCUT2D eigenvalue weighted by atomic mass is 16.5. The number of nitrogens with zero attached hydrogens (tertiary/aromatic N) is 2. The fraction of sp³-hybridized carbons (Fsp3) is 0.318. The van der Waals surface area contributed by atoms with Crippen LogP contribution in [0, 0.1) is 0 Å². The van der Waals surface area contributed by atoms with Gasteiger partial charge < -0.3 is 14.4 Å². The normalized spacial score (nSPS) is 16.1. The first kappa shape index (κ1) is 20.4. The van der Waals surface area contributed by atoms with Gasteiger partial charge in [-0.25, -0.2) is 4.90 Å². The zero-order valence-corrected chi connectivity index (χ0v) is 16.8. The molecule has 2 aromatic carbocycles. The van der Waals surface area contributed by atoms with Crippen LogP contribution in [0.2, 0.25) is 0 Å². The number of imide groups is 1. The summed E-state index contributed by atoms with van der Waals surface area (Å²) in [4.78, 5) is 41.0. The highest BCUT2D eigenvalue weighted by Gasteiger charge is 2.44. The largest absolute Gasteiger partial charge is 0.497 e. The minimum Gasteiger partial charge on any atom is -0.497 e. The molecule has 0 N–H and O–H groups in total. The fourth-order valence-corrected chi connectivity index (χ4v) is 3.36. The van der Waals surface area contributed by atoms with Crippen LogP contribution in [0.5, 0.6) is 11.5 Å². The van der Waals surface area contributed by atoms with E-state index in [0.29, 0.717) is 17.2 Å². The Kier molecular flexibility index (Phi) is 6.16. The van der Waals surface area contributed by atoms with Crippen LogP contribution in [0.15, 0.2) is 48.5 Å². The maximum atomic E-state index is 13.1. The standard InChI is InChI=1S/C22H24N2O5/c1-4-20(25)23(14-15-5-9-17(28-2)10-6-15)19-13-21(26)24(22(19)27)16-7-11-18(29-3)12-8-16/h5-12,19H,4,13-14H2,1-3H3. The Hall–Kier alpha value is -3.35. The molecule has 1 atom stereocenters. The van der Waals surface area contributed by atoms with Crippen molar-refractivity contribution in [2.75, 3.05) is 19.1 Å². The zero-order valence-electron chi connectivity index (χ0n) is 16.8. The Bertz CT molecular complexity index is 892. The molecule has 0 saturated carbocycles. The third-order valence-electron chi connectivity index (χ3n) is 4.96. The van der Waals surface area contributed by atoms with Gasteiger partial charge in [-0.3, -0.25) is 14.4 Å². The van der Waals surface area contributed by atoms with Crippen molar-refractivity contribution in [3.05, 3.63) is 54.1 Å². The Morgan fingerprint density at radius 3 is 2.07 bits per heavy atom. The summed E-state index contributed by atoms with van der Waals surface area (Å²) in [6, 6.07) is 13.2. The highest BCUT2D eigenvalue weighted by molar-refractivity contribution is 6.23. The van der Waals surface area contributed by atoms with Crippen molar-refractivity contribution in [2.45, 2.75) is 32.4 Å². The van der Waals surface area contributed by atoms with Gasteiger partial charge in [-0.1, -0.05) is 19.1 Å². The number of carbonyl (C=O) groups excluding carboxylic acids is 3. The van der Waals surface area contributed by atoms with Crippen molar-refractivity contribution in [1.29, 1.82) is 0 Å². The number of ether oxygens (including phenoxy) is 2. The van der Waals surface area contributed by atoms with E-state index in [0.717, 1.165) is 10.5 Å². The van der Waals surface area contributed by atoms with Crippen molar-refractivity contribution >= 4 is 23.4 Å². The molecule has 0 spiro atoms. The molecule has 7 nitrogen and oxygen atoms in total. The van der Waals surface area contributed by atoms with Crippen LogP contribution >= 0.6 is 0 Å². The molecule has 3 rings (SSSR count). The number of benzene rings is 2. The Morgan fingerprint density at radius 1 is 1.00 bits per heavy atom. The van der Waals surface area contributed by atoms with E-state index in [-0.39, 0.29) is 31.2 Å². The maximum absolute atomic E-state index is 13.1. The quantitative estimate of drug-likeness (QED) is 0.673. The van der Waals surface area contributed by atoms with Gasteiger partial charge in [0.2, 0.25) is 11.8 Å². The first-order valence-electron chi connectivity index (χ1n) is 9.41. The van der Waals surface area contributed by atoms with Crippen molar-refractivity contribution in [2.24, 2.45) is 0 Å². The van der Waals surface area contributed by atoms with Gasteiger partial charge in [0.25, 0.3) is 5.91 Å². The minimum absolute atomic E-state index is 0.0350. The summed E-state index contributed by atoms with van der Waals surface area (Å²) in [5.41, 5.74) is 1.33. The summed E-state index contributed by atoms with van der Waals surface area (Å²) in [6.45, 7) is 1.99. The third-order valence-corrected chi connectivity index (χ3v) is 4.96. The molecule has 1 heterocycles. The van der Waals surface area contributed by atoms with Crippen LogP contribution in [0.4, 0.5) is 5.69 Å².